The lowest BCUT2D eigenvalue weighted by molar-refractivity contribution is -0.137. The molecule has 0 aromatic carbocycles. The number of carbonyl (C=O) groups is 1. The van der Waals surface area contributed by atoms with E-state index in [1.54, 1.807) is 0 Å². The topological polar surface area (TPSA) is 81.3 Å². The zero-order chi connectivity index (χ0) is 16.6. The fourth-order valence-corrected chi connectivity index (χ4v) is 4.24. The molecule has 0 bridgehead atoms. The van der Waals surface area contributed by atoms with E-state index in [0.29, 0.717) is 28.5 Å². The molecule has 3 rings (SSSR count). The van der Waals surface area contributed by atoms with E-state index in [0.717, 1.165) is 16.9 Å². The number of aromatic nitrogens is 2. The van der Waals surface area contributed by atoms with Gasteiger partial charge in [0.2, 0.25) is 5.43 Å². The van der Waals surface area contributed by atoms with Crippen LogP contribution in [0, 0.1) is 0 Å². The Hall–Kier alpha value is -1.38. The number of fused-ring (bicyclic) bond motifs is 2. The predicted octanol–water partition coefficient (Wildman–Crippen LogP) is 2.49. The molecule has 3 heterocycles. The number of carbonyl (C=O) groups excluding carboxylic acids is 1. The maximum absolute atomic E-state index is 12.8. The van der Waals surface area contributed by atoms with Crippen molar-refractivity contribution in [3.05, 3.63) is 20.7 Å². The van der Waals surface area contributed by atoms with Crippen LogP contribution in [0.15, 0.2) is 9.95 Å². The second-order valence-electron chi connectivity index (χ2n) is 5.69. The normalized spacial score (nSPS) is 20.5. The number of methoxy groups -OCH3 is 1. The molecule has 1 unspecified atom stereocenters. The van der Waals surface area contributed by atoms with Gasteiger partial charge in [0, 0.05) is 16.9 Å². The summed E-state index contributed by atoms with van der Waals surface area (Å²) in [5.41, 5.74) is 1.05. The van der Waals surface area contributed by atoms with Crippen LogP contribution in [0.2, 0.25) is 0 Å². The molecule has 0 aliphatic carbocycles. The van der Waals surface area contributed by atoms with Crippen molar-refractivity contribution in [1.29, 1.82) is 0 Å². The average Bonchev–Trinajstić information content (AvgIpc) is 2.97. The van der Waals surface area contributed by atoms with Crippen LogP contribution in [0.1, 0.15) is 30.7 Å². The first kappa shape index (κ1) is 16.5. The third-order valence-electron chi connectivity index (χ3n) is 4.11. The van der Waals surface area contributed by atoms with Crippen molar-refractivity contribution in [2.75, 3.05) is 12.9 Å². The number of nitrogens with zero attached hydrogens (tertiary/aromatic N) is 1. The van der Waals surface area contributed by atoms with Gasteiger partial charge in [-0.2, -0.15) is 0 Å². The second-order valence-corrected chi connectivity index (χ2v) is 7.74. The highest BCUT2D eigenvalue weighted by Gasteiger charge is 2.32. The summed E-state index contributed by atoms with van der Waals surface area (Å²) in [6.07, 6.45) is 1.48. The summed E-state index contributed by atoms with van der Waals surface area (Å²) in [5.74, 6) is -0.167. The molecule has 0 saturated carbocycles. The van der Waals surface area contributed by atoms with Gasteiger partial charge in [-0.3, -0.25) is 9.59 Å². The average molecular weight is 354 g/mol. The van der Waals surface area contributed by atoms with Crippen LogP contribution in [0.5, 0.6) is 0 Å². The number of hydrogen-bond acceptors (Lipinski definition) is 7. The predicted molar refractivity (Wildman–Crippen MR) is 90.2 cm³/mol. The maximum atomic E-state index is 12.8. The Bertz CT molecular complexity index is 814. The van der Waals surface area contributed by atoms with Crippen molar-refractivity contribution in [3.8, 4) is 0 Å². The van der Waals surface area contributed by atoms with Crippen molar-refractivity contribution < 1.29 is 14.3 Å². The van der Waals surface area contributed by atoms with Gasteiger partial charge in [0.25, 0.3) is 0 Å². The van der Waals surface area contributed by atoms with Crippen molar-refractivity contribution in [2.45, 2.75) is 44.1 Å². The zero-order valence-corrected chi connectivity index (χ0v) is 14.9. The fraction of sp³-hybridized carbons (Fsp3) is 0.533. The van der Waals surface area contributed by atoms with E-state index in [9.17, 15) is 9.59 Å². The van der Waals surface area contributed by atoms with Gasteiger partial charge in [-0.15, -0.1) is 11.3 Å². The van der Waals surface area contributed by atoms with Crippen LogP contribution >= 0.6 is 23.1 Å². The summed E-state index contributed by atoms with van der Waals surface area (Å²) in [6, 6.07) is 0. The van der Waals surface area contributed by atoms with Crippen LogP contribution in [0.25, 0.3) is 10.3 Å². The van der Waals surface area contributed by atoms with Gasteiger partial charge < -0.3 is 14.5 Å². The number of ether oxygens (including phenoxy) is 2. The largest absolute Gasteiger partial charge is 0.468 e. The first-order valence-corrected chi connectivity index (χ1v) is 9.14. The van der Waals surface area contributed by atoms with E-state index in [1.165, 1.54) is 30.2 Å². The molecule has 6 nitrogen and oxygen atoms in total. The SMILES string of the molecule is CCC1(C)Cc2c(sc3nc(SCC(=O)OC)[nH]c3c2=O)CO1. The lowest BCUT2D eigenvalue weighted by Gasteiger charge is -2.33. The van der Waals surface area contributed by atoms with E-state index in [4.69, 9.17) is 4.74 Å². The van der Waals surface area contributed by atoms with E-state index in [1.807, 2.05) is 6.92 Å². The van der Waals surface area contributed by atoms with Gasteiger partial charge in [-0.25, -0.2) is 4.98 Å². The third-order valence-corrected chi connectivity index (χ3v) is 6.06. The molecule has 2 aromatic rings. The number of H-pyrrole nitrogens is 1. The van der Waals surface area contributed by atoms with Gasteiger partial charge in [0.1, 0.15) is 10.3 Å². The fourth-order valence-electron chi connectivity index (χ4n) is 2.46. The van der Waals surface area contributed by atoms with Crippen LogP contribution in [0.4, 0.5) is 0 Å². The molecule has 0 spiro atoms. The van der Waals surface area contributed by atoms with Gasteiger partial charge in [0.15, 0.2) is 5.16 Å². The summed E-state index contributed by atoms with van der Waals surface area (Å²) in [6.45, 7) is 4.55. The third kappa shape index (κ3) is 3.15. The molecule has 0 saturated heterocycles. The van der Waals surface area contributed by atoms with Gasteiger partial charge >= 0.3 is 5.97 Å². The highest BCUT2D eigenvalue weighted by atomic mass is 32.2. The molecular weight excluding hydrogens is 336 g/mol. The summed E-state index contributed by atoms with van der Waals surface area (Å²) in [4.78, 5) is 33.0. The number of aromatic amines is 1. The Morgan fingerprint density at radius 3 is 3.04 bits per heavy atom. The molecule has 1 aliphatic heterocycles. The number of thioether (sulfide) groups is 1. The molecule has 0 amide bonds. The summed E-state index contributed by atoms with van der Waals surface area (Å²) < 4.78 is 10.5. The molecule has 0 fully saturated rings. The Labute approximate surface area is 141 Å². The first-order valence-electron chi connectivity index (χ1n) is 7.34. The van der Waals surface area contributed by atoms with Crippen LogP contribution in [0.3, 0.4) is 0 Å². The molecule has 1 atom stereocenters. The second kappa shape index (κ2) is 6.26. The van der Waals surface area contributed by atoms with Gasteiger partial charge in [-0.1, -0.05) is 18.7 Å². The summed E-state index contributed by atoms with van der Waals surface area (Å²) in [7, 11) is 1.35. The molecule has 1 N–H and O–H groups in total. The van der Waals surface area contributed by atoms with Crippen LogP contribution in [-0.4, -0.2) is 34.4 Å². The minimum Gasteiger partial charge on any atom is -0.468 e. The Morgan fingerprint density at radius 1 is 1.57 bits per heavy atom. The Balaban J connectivity index is 1.96. The van der Waals surface area contributed by atoms with Gasteiger partial charge in [-0.05, 0) is 13.3 Å². The van der Waals surface area contributed by atoms with E-state index < -0.39 is 0 Å². The molecule has 0 radical (unpaired) electrons. The number of imidazole rings is 1. The van der Waals surface area contributed by atoms with E-state index in [2.05, 4.69) is 21.6 Å². The number of nitrogens with one attached hydrogen (secondary N) is 1. The summed E-state index contributed by atoms with van der Waals surface area (Å²) >= 11 is 2.71. The number of esters is 1. The smallest absolute Gasteiger partial charge is 0.316 e. The molecule has 1 aliphatic rings. The lowest BCUT2D eigenvalue weighted by atomic mass is 9.91. The minimum atomic E-state index is -0.326. The van der Waals surface area contributed by atoms with Crippen molar-refractivity contribution in [3.63, 3.8) is 0 Å². The van der Waals surface area contributed by atoms with Crippen LogP contribution in [-0.2, 0) is 27.3 Å². The Morgan fingerprint density at radius 2 is 2.35 bits per heavy atom. The van der Waals surface area contributed by atoms with E-state index >= 15 is 0 Å². The standard InChI is InChI=1S/C15H18N2O4S2/c1-4-15(2)5-8-9(6-21-15)23-13-11(12(8)19)16-14(17-13)22-7-10(18)20-3/h4-7H2,1-3H3,(H,16,17). The monoisotopic (exact) mass is 354 g/mol. The minimum absolute atomic E-state index is 0.00542. The molecule has 124 valence electrons. The number of hydrogen-bond donors (Lipinski definition) is 1. The van der Waals surface area contributed by atoms with Crippen LogP contribution < -0.4 is 5.43 Å². The summed E-state index contributed by atoms with van der Waals surface area (Å²) in [5, 5.41) is 0.556. The maximum Gasteiger partial charge on any atom is 0.316 e. The highest BCUT2D eigenvalue weighted by Crippen LogP contribution is 2.33. The van der Waals surface area contributed by atoms with Crippen molar-refractivity contribution in [2.24, 2.45) is 0 Å². The lowest BCUT2D eigenvalue weighted by Crippen LogP contribution is -2.37. The molecule has 23 heavy (non-hydrogen) atoms. The molecule has 8 heteroatoms. The van der Waals surface area contributed by atoms with E-state index in [-0.39, 0.29) is 22.8 Å². The molecule has 2 aromatic heterocycles. The van der Waals surface area contributed by atoms with Crippen molar-refractivity contribution >= 4 is 39.4 Å². The Kier molecular flexibility index (Phi) is 4.48. The van der Waals surface area contributed by atoms with Gasteiger partial charge in [0.05, 0.1) is 25.1 Å². The first-order chi connectivity index (χ1) is 11.0. The highest BCUT2D eigenvalue weighted by molar-refractivity contribution is 7.99. The quantitative estimate of drug-likeness (QED) is 0.671. The zero-order valence-electron chi connectivity index (χ0n) is 13.2. The number of rotatable bonds is 4. The molecular formula is C15H18N2O4S2. The van der Waals surface area contributed by atoms with Crippen molar-refractivity contribution in [1.82, 2.24) is 9.97 Å².